The molecular weight excluding hydrogens is 795 g/mol. The lowest BCUT2D eigenvalue weighted by Gasteiger charge is -2.10. The number of benzene rings is 10. The number of aromatic nitrogens is 3. The molecule has 0 aliphatic rings. The molecule has 0 bridgehead atoms. The van der Waals surface area contributed by atoms with E-state index in [1.165, 1.54) is 130 Å². The molecule has 0 radical (unpaired) electrons. The molecule has 0 fully saturated rings. The standard InChI is InChI=1S/C60H35N3S/c1-7-18-54-42(10-1)47-14-9-15-48-45-28-26-41(35-57(45)63(54)60(47)48)62-53-17-6-3-12-44(53)50-33-39(25-30-56(50)62)37-22-20-36(21-23-37)38-24-29-55-49(32-38)43-11-2-5-16-52(43)61(55)40-27-31-59-51(34-40)46-13-4-8-19-58(46)64-59/h1-35H. The van der Waals surface area contributed by atoms with E-state index in [4.69, 9.17) is 0 Å². The normalized spacial score (nSPS) is 12.4. The van der Waals surface area contributed by atoms with Crippen LogP contribution in [0.3, 0.4) is 0 Å². The summed E-state index contributed by atoms with van der Waals surface area (Å²) in [6.45, 7) is 0. The third-order valence-corrected chi connectivity index (χ3v) is 15.1. The van der Waals surface area contributed by atoms with Crippen LogP contribution in [0.25, 0.3) is 136 Å². The molecule has 0 saturated carbocycles. The Hall–Kier alpha value is -8.18. The average Bonchev–Trinajstić information content (AvgIpc) is 4.16. The fraction of sp³-hybridized carbons (Fsp3) is 0. The van der Waals surface area contributed by atoms with Crippen LogP contribution in [-0.2, 0) is 0 Å². The summed E-state index contributed by atoms with van der Waals surface area (Å²) in [6.07, 6.45) is 0. The van der Waals surface area contributed by atoms with Crippen molar-refractivity contribution in [3.8, 4) is 33.6 Å². The number of hydrogen-bond acceptors (Lipinski definition) is 1. The second kappa shape index (κ2) is 12.7. The zero-order valence-corrected chi connectivity index (χ0v) is 35.3. The Labute approximate surface area is 370 Å². The lowest BCUT2D eigenvalue weighted by Crippen LogP contribution is -1.94. The first-order chi connectivity index (χ1) is 31.7. The largest absolute Gasteiger partial charge is 0.309 e. The molecule has 3 nitrogen and oxygen atoms in total. The Balaban J connectivity index is 0.820. The summed E-state index contributed by atoms with van der Waals surface area (Å²) in [5, 5.41) is 12.9. The van der Waals surface area contributed by atoms with E-state index in [-0.39, 0.29) is 0 Å². The van der Waals surface area contributed by atoms with Gasteiger partial charge in [0, 0.05) is 74.6 Å². The zero-order chi connectivity index (χ0) is 41.6. The van der Waals surface area contributed by atoms with Crippen LogP contribution >= 0.6 is 11.3 Å². The van der Waals surface area contributed by atoms with E-state index >= 15 is 0 Å². The maximum absolute atomic E-state index is 2.47. The van der Waals surface area contributed by atoms with Crippen molar-refractivity contribution in [2.24, 2.45) is 0 Å². The Morgan fingerprint density at radius 2 is 0.703 bits per heavy atom. The summed E-state index contributed by atoms with van der Waals surface area (Å²) in [4.78, 5) is 0. The number of rotatable bonds is 4. The van der Waals surface area contributed by atoms with Gasteiger partial charge in [-0.25, -0.2) is 0 Å². The molecule has 0 aliphatic heterocycles. The van der Waals surface area contributed by atoms with E-state index in [0.717, 1.165) is 5.69 Å². The maximum Gasteiger partial charge on any atom is 0.0620 e. The molecule has 296 valence electrons. The molecule has 0 unspecified atom stereocenters. The van der Waals surface area contributed by atoms with Crippen LogP contribution in [-0.4, -0.2) is 13.5 Å². The van der Waals surface area contributed by atoms with E-state index in [0.29, 0.717) is 0 Å². The molecule has 0 saturated heterocycles. The van der Waals surface area contributed by atoms with Crippen molar-refractivity contribution in [2.45, 2.75) is 0 Å². The molecule has 15 rings (SSSR count). The fourth-order valence-corrected chi connectivity index (χ4v) is 12.2. The van der Waals surface area contributed by atoms with Crippen LogP contribution in [0.15, 0.2) is 212 Å². The Morgan fingerprint density at radius 3 is 1.34 bits per heavy atom. The summed E-state index contributed by atoms with van der Waals surface area (Å²) in [7, 11) is 0. The molecule has 5 heterocycles. The second-order valence-electron chi connectivity index (χ2n) is 17.3. The van der Waals surface area contributed by atoms with Gasteiger partial charge in [-0.05, 0) is 101 Å². The van der Waals surface area contributed by atoms with E-state index in [9.17, 15) is 0 Å². The molecule has 0 spiro atoms. The SMILES string of the molecule is c1ccc2c(c1)sc1ccc(-n3c4ccccc4c4cc(-c5ccc(-c6ccc7c(c6)c6ccccc6n7-c6ccc7c8cccc9c%10ccccc%10n(c7c6)c98)cc5)ccc43)cc12. The smallest absolute Gasteiger partial charge is 0.0620 e. The third kappa shape index (κ3) is 4.64. The van der Waals surface area contributed by atoms with Crippen LogP contribution in [0.5, 0.6) is 0 Å². The van der Waals surface area contributed by atoms with Gasteiger partial charge in [0.1, 0.15) is 0 Å². The van der Waals surface area contributed by atoms with Gasteiger partial charge in [-0.2, -0.15) is 0 Å². The minimum absolute atomic E-state index is 1.16. The minimum atomic E-state index is 1.16. The van der Waals surface area contributed by atoms with Gasteiger partial charge in [0.2, 0.25) is 0 Å². The van der Waals surface area contributed by atoms with Gasteiger partial charge in [-0.15, -0.1) is 11.3 Å². The van der Waals surface area contributed by atoms with Crippen LogP contribution < -0.4 is 0 Å². The minimum Gasteiger partial charge on any atom is -0.309 e. The molecule has 0 amide bonds. The molecule has 10 aromatic carbocycles. The van der Waals surface area contributed by atoms with E-state index in [1.54, 1.807) is 0 Å². The van der Waals surface area contributed by atoms with Gasteiger partial charge in [-0.1, -0.05) is 133 Å². The summed E-state index contributed by atoms with van der Waals surface area (Å²) in [5.41, 5.74) is 15.8. The van der Waals surface area contributed by atoms with Gasteiger partial charge in [0.05, 0.1) is 38.6 Å². The molecule has 4 heteroatoms. The summed E-state index contributed by atoms with van der Waals surface area (Å²) in [6, 6.07) is 78.9. The average molecular weight is 830 g/mol. The summed E-state index contributed by atoms with van der Waals surface area (Å²) >= 11 is 1.86. The third-order valence-electron chi connectivity index (χ3n) is 14.0. The van der Waals surface area contributed by atoms with Crippen LogP contribution in [0.4, 0.5) is 0 Å². The highest BCUT2D eigenvalue weighted by Gasteiger charge is 2.20. The highest BCUT2D eigenvalue weighted by atomic mass is 32.1. The van der Waals surface area contributed by atoms with Crippen molar-refractivity contribution in [1.29, 1.82) is 0 Å². The first-order valence-corrected chi connectivity index (χ1v) is 22.8. The molecule has 0 aliphatic carbocycles. The Bertz CT molecular complexity index is 4420. The topological polar surface area (TPSA) is 14.3 Å². The van der Waals surface area contributed by atoms with Crippen LogP contribution in [0.1, 0.15) is 0 Å². The predicted octanol–water partition coefficient (Wildman–Crippen LogP) is 16.7. The van der Waals surface area contributed by atoms with Crippen molar-refractivity contribution in [2.75, 3.05) is 0 Å². The zero-order valence-electron chi connectivity index (χ0n) is 34.5. The Morgan fingerprint density at radius 1 is 0.250 bits per heavy atom. The number of hydrogen-bond donors (Lipinski definition) is 0. The first-order valence-electron chi connectivity index (χ1n) is 22.0. The second-order valence-corrected chi connectivity index (χ2v) is 18.4. The lowest BCUT2D eigenvalue weighted by atomic mass is 9.98. The maximum atomic E-state index is 2.47. The van der Waals surface area contributed by atoms with E-state index in [1.807, 2.05) is 11.3 Å². The van der Waals surface area contributed by atoms with Crippen molar-refractivity contribution >= 4 is 113 Å². The summed E-state index contributed by atoms with van der Waals surface area (Å²) < 4.78 is 10.00. The number of fused-ring (bicyclic) bond motifs is 15. The molecule has 0 N–H and O–H groups in total. The highest BCUT2D eigenvalue weighted by Crippen LogP contribution is 2.43. The van der Waals surface area contributed by atoms with E-state index in [2.05, 4.69) is 226 Å². The van der Waals surface area contributed by atoms with Gasteiger partial charge in [0.15, 0.2) is 0 Å². The van der Waals surface area contributed by atoms with Crippen molar-refractivity contribution in [3.63, 3.8) is 0 Å². The van der Waals surface area contributed by atoms with Gasteiger partial charge >= 0.3 is 0 Å². The van der Waals surface area contributed by atoms with Crippen LogP contribution in [0.2, 0.25) is 0 Å². The number of nitrogens with zero attached hydrogens (tertiary/aromatic N) is 3. The quantitative estimate of drug-likeness (QED) is 0.168. The molecule has 0 atom stereocenters. The van der Waals surface area contributed by atoms with Crippen molar-refractivity contribution in [3.05, 3.63) is 212 Å². The predicted molar refractivity (Wildman–Crippen MR) is 274 cm³/mol. The fourth-order valence-electron chi connectivity index (χ4n) is 11.1. The van der Waals surface area contributed by atoms with E-state index < -0.39 is 0 Å². The first kappa shape index (κ1) is 34.4. The number of thiophene rings is 1. The van der Waals surface area contributed by atoms with Crippen LogP contribution in [0, 0.1) is 0 Å². The van der Waals surface area contributed by atoms with Gasteiger partial charge in [-0.3, -0.25) is 0 Å². The summed E-state index contributed by atoms with van der Waals surface area (Å²) in [5.74, 6) is 0. The molecule has 15 aromatic rings. The highest BCUT2D eigenvalue weighted by molar-refractivity contribution is 7.25. The lowest BCUT2D eigenvalue weighted by molar-refractivity contribution is 1.18. The van der Waals surface area contributed by atoms with Crippen molar-refractivity contribution in [1.82, 2.24) is 13.5 Å². The monoisotopic (exact) mass is 829 g/mol. The van der Waals surface area contributed by atoms with Gasteiger partial charge < -0.3 is 13.5 Å². The Kier molecular flexibility index (Phi) is 6.83. The van der Waals surface area contributed by atoms with Crippen molar-refractivity contribution < 1.29 is 0 Å². The molecular formula is C60H35N3S. The molecule has 5 aromatic heterocycles. The van der Waals surface area contributed by atoms with Gasteiger partial charge in [0.25, 0.3) is 0 Å². The molecule has 64 heavy (non-hydrogen) atoms. The number of para-hydroxylation sites is 4.